The molecule has 4 aromatic rings. The van der Waals surface area contributed by atoms with Gasteiger partial charge in [-0.25, -0.2) is 4.98 Å². The summed E-state index contributed by atoms with van der Waals surface area (Å²) in [5.41, 5.74) is 3.63. The van der Waals surface area contributed by atoms with Gasteiger partial charge in [-0.3, -0.25) is 5.10 Å². The predicted molar refractivity (Wildman–Crippen MR) is 113 cm³/mol. The van der Waals surface area contributed by atoms with Gasteiger partial charge in [-0.2, -0.15) is 5.10 Å². The Kier molecular flexibility index (Phi) is 5.35. The first-order valence-electron chi connectivity index (χ1n) is 9.40. The molecule has 0 bridgehead atoms. The number of benzene rings is 2. The van der Waals surface area contributed by atoms with E-state index < -0.39 is 0 Å². The molecule has 148 valence electrons. The van der Waals surface area contributed by atoms with Crippen LogP contribution in [0.15, 0.2) is 48.5 Å². The Morgan fingerprint density at radius 1 is 1.03 bits per heavy atom. The highest BCUT2D eigenvalue weighted by atomic mass is 16.5. The SMILES string of the molecule is Cc1ccccc1-c1nc(Nc2n[nH]c3ccccc23)nnc1OCCN(C)C. The van der Waals surface area contributed by atoms with E-state index in [4.69, 9.17) is 9.72 Å². The second kappa shape index (κ2) is 8.24. The van der Waals surface area contributed by atoms with Crippen molar-refractivity contribution in [2.45, 2.75) is 6.92 Å². The average molecular weight is 389 g/mol. The van der Waals surface area contributed by atoms with Crippen LogP contribution >= 0.6 is 0 Å². The number of anilines is 2. The van der Waals surface area contributed by atoms with Gasteiger partial charge >= 0.3 is 0 Å². The molecule has 0 fully saturated rings. The smallest absolute Gasteiger partial charge is 0.260 e. The van der Waals surface area contributed by atoms with Crippen LogP contribution in [0, 0.1) is 6.92 Å². The van der Waals surface area contributed by atoms with Crippen molar-refractivity contribution in [3.05, 3.63) is 54.1 Å². The normalized spacial score (nSPS) is 11.2. The second-order valence-corrected chi connectivity index (χ2v) is 7.00. The molecule has 0 aliphatic heterocycles. The molecule has 2 aromatic heterocycles. The van der Waals surface area contributed by atoms with Gasteiger partial charge in [0, 0.05) is 17.5 Å². The van der Waals surface area contributed by atoms with Crippen molar-refractivity contribution in [3.63, 3.8) is 0 Å². The summed E-state index contributed by atoms with van der Waals surface area (Å²) in [5.74, 6) is 1.43. The molecule has 0 saturated carbocycles. The third kappa shape index (κ3) is 4.17. The Bertz CT molecular complexity index is 1120. The monoisotopic (exact) mass is 389 g/mol. The molecule has 4 rings (SSSR count). The number of ether oxygens (including phenoxy) is 1. The highest BCUT2D eigenvalue weighted by Crippen LogP contribution is 2.30. The quantitative estimate of drug-likeness (QED) is 0.500. The minimum absolute atomic E-state index is 0.362. The summed E-state index contributed by atoms with van der Waals surface area (Å²) < 4.78 is 5.89. The number of aromatic nitrogens is 5. The van der Waals surface area contributed by atoms with E-state index in [9.17, 15) is 0 Å². The number of H-pyrrole nitrogens is 1. The van der Waals surface area contributed by atoms with Gasteiger partial charge < -0.3 is 15.0 Å². The number of hydrogen-bond acceptors (Lipinski definition) is 7. The molecule has 0 saturated heterocycles. The lowest BCUT2D eigenvalue weighted by Gasteiger charge is -2.14. The minimum Gasteiger partial charge on any atom is -0.474 e. The summed E-state index contributed by atoms with van der Waals surface area (Å²) >= 11 is 0. The first-order valence-corrected chi connectivity index (χ1v) is 9.40. The maximum Gasteiger partial charge on any atom is 0.260 e. The predicted octanol–water partition coefficient (Wildman–Crippen LogP) is 3.41. The molecule has 0 unspecified atom stereocenters. The highest BCUT2D eigenvalue weighted by Gasteiger charge is 2.16. The van der Waals surface area contributed by atoms with Crippen LogP contribution in [0.25, 0.3) is 22.2 Å². The summed E-state index contributed by atoms with van der Waals surface area (Å²) in [4.78, 5) is 6.75. The first-order chi connectivity index (χ1) is 14.1. The van der Waals surface area contributed by atoms with Gasteiger partial charge in [0.2, 0.25) is 5.95 Å². The van der Waals surface area contributed by atoms with Gasteiger partial charge in [-0.15, -0.1) is 10.2 Å². The number of fused-ring (bicyclic) bond motifs is 1. The molecule has 8 nitrogen and oxygen atoms in total. The molecular formula is C21H23N7O. The molecular weight excluding hydrogens is 366 g/mol. The maximum absolute atomic E-state index is 5.89. The van der Waals surface area contributed by atoms with E-state index in [2.05, 4.69) is 25.7 Å². The zero-order valence-electron chi connectivity index (χ0n) is 16.7. The zero-order valence-corrected chi connectivity index (χ0v) is 16.7. The first kappa shape index (κ1) is 18.8. The largest absolute Gasteiger partial charge is 0.474 e. The molecule has 2 aromatic carbocycles. The lowest BCUT2D eigenvalue weighted by Crippen LogP contribution is -2.20. The summed E-state index contributed by atoms with van der Waals surface area (Å²) in [7, 11) is 3.99. The molecule has 0 amide bonds. The Balaban J connectivity index is 1.69. The summed E-state index contributed by atoms with van der Waals surface area (Å²) in [6.45, 7) is 3.31. The number of nitrogens with one attached hydrogen (secondary N) is 2. The van der Waals surface area contributed by atoms with Gasteiger partial charge in [0.15, 0.2) is 5.82 Å². The average Bonchev–Trinajstić information content (AvgIpc) is 3.12. The molecule has 8 heteroatoms. The minimum atomic E-state index is 0.362. The number of hydrogen-bond donors (Lipinski definition) is 2. The van der Waals surface area contributed by atoms with Gasteiger partial charge in [0.1, 0.15) is 12.3 Å². The molecule has 0 aliphatic carbocycles. The van der Waals surface area contributed by atoms with E-state index in [-0.39, 0.29) is 0 Å². The molecule has 0 atom stereocenters. The highest BCUT2D eigenvalue weighted by molar-refractivity contribution is 5.90. The number of aromatic amines is 1. The van der Waals surface area contributed by atoms with Crippen LogP contribution in [0.1, 0.15) is 5.56 Å². The fraction of sp³-hybridized carbons (Fsp3) is 0.238. The standard InChI is InChI=1S/C21H23N7O/c1-14-8-4-5-9-15(14)18-20(29-13-12-28(2)3)26-27-21(22-18)23-19-16-10-6-7-11-17(16)24-25-19/h4-11H,12-13H2,1-3H3,(H2,22,23,24,25,27). The molecule has 2 heterocycles. The molecule has 0 spiro atoms. The van der Waals surface area contributed by atoms with Gasteiger partial charge in [0.05, 0.1) is 5.52 Å². The van der Waals surface area contributed by atoms with Gasteiger partial charge in [0.25, 0.3) is 5.88 Å². The number of likely N-dealkylation sites (N-methyl/N-ethyl adjacent to an activating group) is 1. The second-order valence-electron chi connectivity index (χ2n) is 7.00. The summed E-state index contributed by atoms with van der Waals surface area (Å²) in [6.07, 6.45) is 0. The molecule has 2 N–H and O–H groups in total. The van der Waals surface area contributed by atoms with Crippen LogP contribution in [-0.2, 0) is 0 Å². The number of nitrogens with zero attached hydrogens (tertiary/aromatic N) is 5. The van der Waals surface area contributed by atoms with Crippen molar-refractivity contribution in [3.8, 4) is 17.1 Å². The summed E-state index contributed by atoms with van der Waals surface area (Å²) in [6, 6.07) is 15.9. The molecule has 29 heavy (non-hydrogen) atoms. The van der Waals surface area contributed by atoms with Crippen molar-refractivity contribution >= 4 is 22.7 Å². The van der Waals surface area contributed by atoms with E-state index in [0.717, 1.165) is 28.6 Å². The van der Waals surface area contributed by atoms with Crippen molar-refractivity contribution in [1.82, 2.24) is 30.3 Å². The zero-order chi connectivity index (χ0) is 20.2. The Morgan fingerprint density at radius 3 is 2.66 bits per heavy atom. The number of rotatable bonds is 7. The maximum atomic E-state index is 5.89. The Morgan fingerprint density at radius 2 is 1.83 bits per heavy atom. The molecule has 0 aliphatic rings. The van der Waals surface area contributed by atoms with Crippen molar-refractivity contribution in [2.75, 3.05) is 32.6 Å². The van der Waals surface area contributed by atoms with Gasteiger partial charge in [-0.1, -0.05) is 36.4 Å². The van der Waals surface area contributed by atoms with Crippen LogP contribution in [0.3, 0.4) is 0 Å². The topological polar surface area (TPSA) is 91.9 Å². The van der Waals surface area contributed by atoms with E-state index in [1.54, 1.807) is 0 Å². The van der Waals surface area contributed by atoms with E-state index in [1.807, 2.05) is 74.4 Å². The van der Waals surface area contributed by atoms with E-state index in [1.165, 1.54) is 0 Å². The lowest BCUT2D eigenvalue weighted by atomic mass is 10.1. The van der Waals surface area contributed by atoms with Crippen molar-refractivity contribution in [1.29, 1.82) is 0 Å². The Hall–Kier alpha value is -3.52. The lowest BCUT2D eigenvalue weighted by molar-refractivity contribution is 0.252. The van der Waals surface area contributed by atoms with Crippen LogP contribution < -0.4 is 10.1 Å². The van der Waals surface area contributed by atoms with Crippen LogP contribution in [-0.4, -0.2) is 57.5 Å². The third-order valence-electron chi connectivity index (χ3n) is 4.53. The Labute approximate surface area is 168 Å². The van der Waals surface area contributed by atoms with Crippen LogP contribution in [0.2, 0.25) is 0 Å². The fourth-order valence-corrected chi connectivity index (χ4v) is 2.97. The summed E-state index contributed by atoms with van der Waals surface area (Å²) in [5, 5.41) is 20.0. The van der Waals surface area contributed by atoms with E-state index in [0.29, 0.717) is 29.9 Å². The van der Waals surface area contributed by atoms with Crippen molar-refractivity contribution < 1.29 is 4.74 Å². The molecule has 0 radical (unpaired) electrons. The third-order valence-corrected chi connectivity index (χ3v) is 4.53. The number of para-hydroxylation sites is 1. The van der Waals surface area contributed by atoms with Crippen molar-refractivity contribution in [2.24, 2.45) is 0 Å². The van der Waals surface area contributed by atoms with Crippen LogP contribution in [0.5, 0.6) is 5.88 Å². The van der Waals surface area contributed by atoms with Crippen LogP contribution in [0.4, 0.5) is 11.8 Å². The number of aryl methyl sites for hydroxylation is 1. The van der Waals surface area contributed by atoms with Gasteiger partial charge in [-0.05, 0) is 38.7 Å². The fourth-order valence-electron chi connectivity index (χ4n) is 2.97. The van der Waals surface area contributed by atoms with E-state index >= 15 is 0 Å².